The van der Waals surface area contributed by atoms with E-state index in [1.54, 1.807) is 6.20 Å². The molecule has 0 fully saturated rings. The fourth-order valence-corrected chi connectivity index (χ4v) is 4.52. The summed E-state index contributed by atoms with van der Waals surface area (Å²) in [4.78, 5) is 16.4. The van der Waals surface area contributed by atoms with E-state index in [-0.39, 0.29) is 17.8 Å². The van der Waals surface area contributed by atoms with Crippen LogP contribution in [0.4, 0.5) is 5.13 Å². The highest BCUT2D eigenvalue weighted by molar-refractivity contribution is 7.99. The van der Waals surface area contributed by atoms with Crippen molar-refractivity contribution in [3.63, 3.8) is 0 Å². The van der Waals surface area contributed by atoms with Gasteiger partial charge in [0.15, 0.2) is 22.2 Å². The Hall–Kier alpha value is -3.17. The van der Waals surface area contributed by atoms with Crippen LogP contribution in [0, 0.1) is 0 Å². The molecule has 0 saturated carbocycles. The van der Waals surface area contributed by atoms with Gasteiger partial charge in [0, 0.05) is 17.3 Å². The molecule has 0 aliphatic rings. The molecule has 1 unspecified atom stereocenters. The summed E-state index contributed by atoms with van der Waals surface area (Å²) in [6, 6.07) is 18.0. The number of nitrogens with one attached hydrogen (secondary N) is 1. The molecule has 0 aliphatic heterocycles. The van der Waals surface area contributed by atoms with Gasteiger partial charge in [0.05, 0.1) is 5.75 Å². The van der Waals surface area contributed by atoms with E-state index in [2.05, 4.69) is 46.5 Å². The van der Waals surface area contributed by atoms with E-state index < -0.39 is 0 Å². The van der Waals surface area contributed by atoms with Gasteiger partial charge in [-0.1, -0.05) is 55.9 Å². The molecule has 0 saturated heterocycles. The van der Waals surface area contributed by atoms with Crippen molar-refractivity contribution in [1.29, 1.82) is 0 Å². The Kier molecular flexibility index (Phi) is 7.41. The summed E-state index contributed by atoms with van der Waals surface area (Å²) in [7, 11) is 0. The molecule has 0 spiro atoms. The molecule has 170 valence electrons. The molecule has 2 aromatic carbocycles. The zero-order valence-electron chi connectivity index (χ0n) is 18.6. The number of benzene rings is 2. The van der Waals surface area contributed by atoms with Crippen LogP contribution in [0.25, 0.3) is 5.69 Å². The summed E-state index contributed by atoms with van der Waals surface area (Å²) >= 11 is 2.70. The Morgan fingerprint density at radius 2 is 1.85 bits per heavy atom. The molecule has 1 amide bonds. The smallest absolute Gasteiger partial charge is 0.236 e. The number of nitrogens with zero attached hydrogens (tertiary/aromatic N) is 4. The molecular formula is C24H25N5O2S2. The number of thioether (sulfide) groups is 1. The third-order valence-electron chi connectivity index (χ3n) is 4.91. The van der Waals surface area contributed by atoms with Crippen LogP contribution in [-0.4, -0.2) is 31.4 Å². The molecule has 0 aliphatic carbocycles. The summed E-state index contributed by atoms with van der Waals surface area (Å²) < 4.78 is 8.13. The van der Waals surface area contributed by atoms with E-state index in [4.69, 9.17) is 4.74 Å². The van der Waals surface area contributed by atoms with Crippen LogP contribution in [0.2, 0.25) is 0 Å². The van der Waals surface area contributed by atoms with Gasteiger partial charge in [-0.2, -0.15) is 0 Å². The number of hydrogen-bond acceptors (Lipinski definition) is 7. The van der Waals surface area contributed by atoms with Crippen LogP contribution in [0.15, 0.2) is 71.3 Å². The third-order valence-corrected chi connectivity index (χ3v) is 6.52. The standard InChI is InChI=1S/C24H25N5O2S2/c1-16(2)18-9-11-20(12-10-18)31-17(3)22-27-28-24(29(22)19-7-5-4-6-8-19)33-15-21(30)26-23-25-13-14-32-23/h4-14,16-17H,15H2,1-3H3,(H,25,26,30). The number of anilines is 1. The maximum Gasteiger partial charge on any atom is 0.236 e. The normalized spacial score (nSPS) is 12.0. The van der Waals surface area contributed by atoms with Crippen molar-refractivity contribution in [2.75, 3.05) is 11.1 Å². The third kappa shape index (κ3) is 5.80. The highest BCUT2D eigenvalue weighted by Gasteiger charge is 2.22. The van der Waals surface area contributed by atoms with E-state index in [1.165, 1.54) is 28.7 Å². The second kappa shape index (κ2) is 10.6. The van der Waals surface area contributed by atoms with Gasteiger partial charge in [0.25, 0.3) is 0 Å². The van der Waals surface area contributed by atoms with Crippen molar-refractivity contribution >= 4 is 34.1 Å². The van der Waals surface area contributed by atoms with Crippen LogP contribution >= 0.6 is 23.1 Å². The van der Waals surface area contributed by atoms with Crippen molar-refractivity contribution in [2.45, 2.75) is 37.9 Å². The number of hydrogen-bond donors (Lipinski definition) is 1. The Morgan fingerprint density at radius 3 is 2.52 bits per heavy atom. The van der Waals surface area contributed by atoms with Crippen LogP contribution in [0.3, 0.4) is 0 Å². The minimum Gasteiger partial charge on any atom is -0.483 e. The summed E-state index contributed by atoms with van der Waals surface area (Å²) in [5.41, 5.74) is 2.17. The molecule has 0 radical (unpaired) electrons. The van der Waals surface area contributed by atoms with Crippen LogP contribution in [-0.2, 0) is 4.79 Å². The lowest BCUT2D eigenvalue weighted by Crippen LogP contribution is -2.15. The number of thiazole rings is 1. The highest BCUT2D eigenvalue weighted by Crippen LogP contribution is 2.28. The molecule has 1 N–H and O–H groups in total. The molecule has 7 nitrogen and oxygen atoms in total. The number of para-hydroxylation sites is 1. The molecular weight excluding hydrogens is 454 g/mol. The summed E-state index contributed by atoms with van der Waals surface area (Å²) in [6.45, 7) is 6.28. The summed E-state index contributed by atoms with van der Waals surface area (Å²) in [5, 5.41) is 14.6. The van der Waals surface area contributed by atoms with Crippen molar-refractivity contribution in [3.8, 4) is 11.4 Å². The van der Waals surface area contributed by atoms with Gasteiger partial charge in [0.2, 0.25) is 5.91 Å². The van der Waals surface area contributed by atoms with Crippen molar-refractivity contribution in [1.82, 2.24) is 19.7 Å². The molecule has 4 rings (SSSR count). The largest absolute Gasteiger partial charge is 0.483 e. The Balaban J connectivity index is 1.53. The minimum absolute atomic E-state index is 0.145. The molecule has 1 atom stereocenters. The number of amides is 1. The molecule has 0 bridgehead atoms. The van der Waals surface area contributed by atoms with E-state index in [0.717, 1.165) is 11.4 Å². The van der Waals surface area contributed by atoms with Crippen molar-refractivity contribution < 1.29 is 9.53 Å². The zero-order chi connectivity index (χ0) is 23.2. The second-order valence-electron chi connectivity index (χ2n) is 7.67. The van der Waals surface area contributed by atoms with Crippen LogP contribution in [0.5, 0.6) is 5.75 Å². The van der Waals surface area contributed by atoms with Gasteiger partial charge in [-0.15, -0.1) is 21.5 Å². The number of rotatable bonds is 9. The van der Waals surface area contributed by atoms with Crippen LogP contribution in [0.1, 0.15) is 44.2 Å². The highest BCUT2D eigenvalue weighted by atomic mass is 32.2. The minimum atomic E-state index is -0.346. The molecule has 4 aromatic rings. The Bertz CT molecular complexity index is 1180. The summed E-state index contributed by atoms with van der Waals surface area (Å²) in [6.07, 6.45) is 1.31. The number of aromatic nitrogens is 4. The maximum absolute atomic E-state index is 12.3. The van der Waals surface area contributed by atoms with Crippen LogP contribution < -0.4 is 10.1 Å². The first-order valence-electron chi connectivity index (χ1n) is 10.6. The fourth-order valence-electron chi connectivity index (χ4n) is 3.22. The average Bonchev–Trinajstić information content (AvgIpc) is 3.48. The quantitative estimate of drug-likeness (QED) is 0.309. The first-order valence-corrected chi connectivity index (χ1v) is 12.5. The van der Waals surface area contributed by atoms with Gasteiger partial charge in [0.1, 0.15) is 5.75 Å². The van der Waals surface area contributed by atoms with E-state index in [1.807, 2.05) is 59.3 Å². The lowest BCUT2D eigenvalue weighted by Gasteiger charge is -2.17. The first kappa shape index (κ1) is 23.0. The second-order valence-corrected chi connectivity index (χ2v) is 9.51. The number of carbonyl (C=O) groups is 1. The average molecular weight is 480 g/mol. The predicted octanol–water partition coefficient (Wildman–Crippen LogP) is 5.72. The fraction of sp³-hybridized carbons (Fsp3) is 0.250. The summed E-state index contributed by atoms with van der Waals surface area (Å²) in [5.74, 6) is 1.94. The van der Waals surface area contributed by atoms with E-state index in [9.17, 15) is 4.79 Å². The molecule has 9 heteroatoms. The Morgan fingerprint density at radius 1 is 1.09 bits per heavy atom. The van der Waals surface area contributed by atoms with Gasteiger partial charge in [-0.25, -0.2) is 4.98 Å². The van der Waals surface area contributed by atoms with Crippen molar-refractivity contribution in [3.05, 3.63) is 77.6 Å². The topological polar surface area (TPSA) is 81.9 Å². The first-order chi connectivity index (χ1) is 16.0. The number of ether oxygens (including phenoxy) is 1. The maximum atomic E-state index is 12.3. The lowest BCUT2D eigenvalue weighted by molar-refractivity contribution is -0.113. The molecule has 2 heterocycles. The van der Waals surface area contributed by atoms with Gasteiger partial charge >= 0.3 is 0 Å². The predicted molar refractivity (Wildman–Crippen MR) is 132 cm³/mol. The van der Waals surface area contributed by atoms with Gasteiger partial charge in [-0.05, 0) is 42.7 Å². The molecule has 33 heavy (non-hydrogen) atoms. The monoisotopic (exact) mass is 479 g/mol. The van der Waals surface area contributed by atoms with Crippen molar-refractivity contribution in [2.24, 2.45) is 0 Å². The van der Waals surface area contributed by atoms with E-state index in [0.29, 0.717) is 22.0 Å². The SMILES string of the molecule is CC(C)c1ccc(OC(C)c2nnc(SCC(=O)Nc3nccs3)n2-c2ccccc2)cc1. The zero-order valence-corrected chi connectivity index (χ0v) is 20.3. The van der Waals surface area contributed by atoms with Gasteiger partial charge < -0.3 is 10.1 Å². The number of carbonyl (C=O) groups excluding carboxylic acids is 1. The molecule has 2 aromatic heterocycles. The Labute approximate surface area is 201 Å². The van der Waals surface area contributed by atoms with E-state index >= 15 is 0 Å². The van der Waals surface area contributed by atoms with Gasteiger partial charge in [-0.3, -0.25) is 9.36 Å². The lowest BCUT2D eigenvalue weighted by atomic mass is 10.0.